The van der Waals surface area contributed by atoms with Crippen LogP contribution in [0.5, 0.6) is 0 Å². The highest BCUT2D eigenvalue weighted by Gasteiger charge is 2.08. The third-order valence-corrected chi connectivity index (χ3v) is 2.82. The number of carbonyl (C=O) groups is 1. The Kier molecular flexibility index (Phi) is 4.72. The monoisotopic (exact) mass is 314 g/mol. The number of non-ortho nitro benzene ring substituents is 2. The Labute approximate surface area is 129 Å². The number of nitrogens with zero attached hydrogens (tertiary/aromatic N) is 3. The Morgan fingerprint density at radius 3 is 1.87 bits per heavy atom. The maximum Gasteiger partial charge on any atom is 0.271 e. The largest absolute Gasteiger partial charge is 0.271 e. The van der Waals surface area contributed by atoms with Crippen molar-refractivity contribution in [3.05, 3.63) is 79.9 Å². The standard InChI is InChI=1S/C14H10N4O5/c19-14(11-3-7-13(8-4-11)18(22)23)16-15-9-10-1-5-12(6-2-10)17(20)21/h1-9H,(H,16,19). The van der Waals surface area contributed by atoms with Crippen LogP contribution in [0.2, 0.25) is 0 Å². The molecule has 1 N–H and O–H groups in total. The van der Waals surface area contributed by atoms with E-state index in [1.807, 2.05) is 0 Å². The molecule has 0 bridgehead atoms. The fourth-order valence-electron chi connectivity index (χ4n) is 1.65. The molecular weight excluding hydrogens is 304 g/mol. The molecule has 116 valence electrons. The van der Waals surface area contributed by atoms with Gasteiger partial charge in [-0.3, -0.25) is 25.0 Å². The lowest BCUT2D eigenvalue weighted by molar-refractivity contribution is -0.385. The molecule has 0 aliphatic rings. The van der Waals surface area contributed by atoms with E-state index in [1.165, 1.54) is 54.7 Å². The number of benzene rings is 2. The molecule has 0 aromatic heterocycles. The van der Waals surface area contributed by atoms with Gasteiger partial charge in [-0.1, -0.05) is 0 Å². The van der Waals surface area contributed by atoms with Gasteiger partial charge in [-0.05, 0) is 29.8 Å². The van der Waals surface area contributed by atoms with Crippen LogP contribution in [0.3, 0.4) is 0 Å². The molecule has 9 heteroatoms. The molecule has 0 saturated carbocycles. The van der Waals surface area contributed by atoms with Crippen molar-refractivity contribution in [2.24, 2.45) is 5.10 Å². The van der Waals surface area contributed by atoms with Crippen molar-refractivity contribution < 1.29 is 14.6 Å². The molecule has 0 aliphatic carbocycles. The van der Waals surface area contributed by atoms with Gasteiger partial charge >= 0.3 is 0 Å². The SMILES string of the molecule is O=C(NN=Cc1ccc([N+](=O)[O-])cc1)c1ccc([N+](=O)[O-])cc1. The average Bonchev–Trinajstić information content (AvgIpc) is 2.55. The highest BCUT2D eigenvalue weighted by Crippen LogP contribution is 2.12. The lowest BCUT2D eigenvalue weighted by Crippen LogP contribution is -2.17. The van der Waals surface area contributed by atoms with Crippen molar-refractivity contribution in [3.63, 3.8) is 0 Å². The van der Waals surface area contributed by atoms with E-state index < -0.39 is 15.8 Å². The number of nitrogens with one attached hydrogen (secondary N) is 1. The van der Waals surface area contributed by atoms with Gasteiger partial charge in [0.25, 0.3) is 17.3 Å². The van der Waals surface area contributed by atoms with Crippen molar-refractivity contribution in [1.82, 2.24) is 5.43 Å². The number of rotatable bonds is 5. The molecule has 0 heterocycles. The second-order valence-corrected chi connectivity index (χ2v) is 4.35. The minimum Gasteiger partial charge on any atom is -0.267 e. The summed E-state index contributed by atoms with van der Waals surface area (Å²) in [5.41, 5.74) is 2.89. The van der Waals surface area contributed by atoms with Gasteiger partial charge in [0.05, 0.1) is 16.1 Å². The number of hydrazone groups is 1. The first-order valence-electron chi connectivity index (χ1n) is 6.29. The van der Waals surface area contributed by atoms with Gasteiger partial charge in [0.15, 0.2) is 0 Å². The molecule has 23 heavy (non-hydrogen) atoms. The summed E-state index contributed by atoms with van der Waals surface area (Å²) in [5, 5.41) is 24.7. The number of carbonyl (C=O) groups excluding carboxylic acids is 1. The van der Waals surface area contributed by atoms with Gasteiger partial charge in [0.2, 0.25) is 0 Å². The summed E-state index contributed by atoms with van der Waals surface area (Å²) in [6, 6.07) is 10.7. The van der Waals surface area contributed by atoms with Crippen LogP contribution >= 0.6 is 0 Å². The summed E-state index contributed by atoms with van der Waals surface area (Å²) in [4.78, 5) is 31.7. The number of nitro benzene ring substituents is 2. The van der Waals surface area contributed by atoms with Gasteiger partial charge < -0.3 is 0 Å². The predicted octanol–water partition coefficient (Wildman–Crippen LogP) is 2.27. The van der Waals surface area contributed by atoms with E-state index in [-0.39, 0.29) is 16.9 Å². The van der Waals surface area contributed by atoms with Gasteiger partial charge in [0, 0.05) is 29.8 Å². The Morgan fingerprint density at radius 1 is 0.913 bits per heavy atom. The molecule has 0 spiro atoms. The van der Waals surface area contributed by atoms with Crippen LogP contribution in [0.25, 0.3) is 0 Å². The number of hydrogen-bond donors (Lipinski definition) is 1. The van der Waals surface area contributed by atoms with Crippen LogP contribution in [0.15, 0.2) is 53.6 Å². The average molecular weight is 314 g/mol. The maximum absolute atomic E-state index is 11.8. The molecule has 2 aromatic rings. The van der Waals surface area contributed by atoms with Crippen molar-refractivity contribution in [1.29, 1.82) is 0 Å². The Bertz CT molecular complexity index is 769. The first-order chi connectivity index (χ1) is 11.0. The van der Waals surface area contributed by atoms with E-state index in [9.17, 15) is 25.0 Å². The first-order valence-corrected chi connectivity index (χ1v) is 6.29. The van der Waals surface area contributed by atoms with Gasteiger partial charge in [-0.25, -0.2) is 5.43 Å². The summed E-state index contributed by atoms with van der Waals surface area (Å²) in [6.07, 6.45) is 1.33. The normalized spacial score (nSPS) is 10.4. The van der Waals surface area contributed by atoms with Gasteiger partial charge in [-0.2, -0.15) is 5.10 Å². The summed E-state index contributed by atoms with van der Waals surface area (Å²) in [6.45, 7) is 0. The van der Waals surface area contributed by atoms with Crippen molar-refractivity contribution >= 4 is 23.5 Å². The van der Waals surface area contributed by atoms with Crippen LogP contribution in [-0.2, 0) is 0 Å². The number of hydrogen-bond acceptors (Lipinski definition) is 6. The predicted molar refractivity (Wildman–Crippen MR) is 81.3 cm³/mol. The molecule has 0 unspecified atom stereocenters. The first kappa shape index (κ1) is 15.8. The molecule has 2 rings (SSSR count). The highest BCUT2D eigenvalue weighted by molar-refractivity contribution is 5.95. The van der Waals surface area contributed by atoms with E-state index >= 15 is 0 Å². The van der Waals surface area contributed by atoms with Crippen molar-refractivity contribution in [2.75, 3.05) is 0 Å². The summed E-state index contributed by atoms with van der Waals surface area (Å²) in [7, 11) is 0. The zero-order chi connectivity index (χ0) is 16.8. The Morgan fingerprint density at radius 2 is 1.39 bits per heavy atom. The third-order valence-electron chi connectivity index (χ3n) is 2.82. The Balaban J connectivity index is 1.97. The minimum absolute atomic E-state index is 0.0444. The molecule has 0 radical (unpaired) electrons. The number of amides is 1. The zero-order valence-corrected chi connectivity index (χ0v) is 11.6. The van der Waals surface area contributed by atoms with Crippen LogP contribution < -0.4 is 5.43 Å². The molecule has 9 nitrogen and oxygen atoms in total. The molecule has 1 amide bonds. The van der Waals surface area contributed by atoms with Crippen LogP contribution in [0.4, 0.5) is 11.4 Å². The smallest absolute Gasteiger partial charge is 0.267 e. The second kappa shape index (κ2) is 6.89. The Hall–Kier alpha value is -3.62. The second-order valence-electron chi connectivity index (χ2n) is 4.35. The zero-order valence-electron chi connectivity index (χ0n) is 11.6. The third kappa shape index (κ3) is 4.17. The summed E-state index contributed by atoms with van der Waals surface area (Å²) < 4.78 is 0. The summed E-state index contributed by atoms with van der Waals surface area (Å²) >= 11 is 0. The van der Waals surface area contributed by atoms with E-state index in [1.54, 1.807) is 0 Å². The van der Waals surface area contributed by atoms with Crippen LogP contribution in [0, 0.1) is 20.2 Å². The van der Waals surface area contributed by atoms with Crippen LogP contribution in [0.1, 0.15) is 15.9 Å². The van der Waals surface area contributed by atoms with E-state index in [4.69, 9.17) is 0 Å². The van der Waals surface area contributed by atoms with Crippen molar-refractivity contribution in [3.8, 4) is 0 Å². The van der Waals surface area contributed by atoms with E-state index in [0.29, 0.717) is 5.56 Å². The fraction of sp³-hybridized carbons (Fsp3) is 0. The topological polar surface area (TPSA) is 128 Å². The molecule has 0 saturated heterocycles. The lowest BCUT2D eigenvalue weighted by Gasteiger charge is -1.99. The van der Waals surface area contributed by atoms with Gasteiger partial charge in [-0.15, -0.1) is 0 Å². The molecule has 0 fully saturated rings. The molecule has 0 aliphatic heterocycles. The van der Waals surface area contributed by atoms with Crippen LogP contribution in [-0.4, -0.2) is 22.0 Å². The maximum atomic E-state index is 11.8. The lowest BCUT2D eigenvalue weighted by atomic mass is 10.2. The van der Waals surface area contributed by atoms with E-state index in [0.717, 1.165) is 0 Å². The van der Waals surface area contributed by atoms with E-state index in [2.05, 4.69) is 10.5 Å². The molecular formula is C14H10N4O5. The number of nitro groups is 2. The fourth-order valence-corrected chi connectivity index (χ4v) is 1.65. The minimum atomic E-state index is -0.561. The van der Waals surface area contributed by atoms with Gasteiger partial charge in [0.1, 0.15) is 0 Å². The summed E-state index contributed by atoms with van der Waals surface area (Å²) in [5.74, 6) is -0.530. The quantitative estimate of drug-likeness (QED) is 0.514. The van der Waals surface area contributed by atoms with Crippen molar-refractivity contribution in [2.45, 2.75) is 0 Å². The highest BCUT2D eigenvalue weighted by atomic mass is 16.6. The molecule has 0 atom stereocenters. The molecule has 2 aromatic carbocycles.